The Hall–Kier alpha value is -2.58. The van der Waals surface area contributed by atoms with Crippen LogP contribution in [0.4, 0.5) is 5.69 Å². The van der Waals surface area contributed by atoms with E-state index in [2.05, 4.69) is 0 Å². The van der Waals surface area contributed by atoms with Crippen LogP contribution in [0.3, 0.4) is 0 Å². The van der Waals surface area contributed by atoms with Gasteiger partial charge in [-0.2, -0.15) is 0 Å². The lowest BCUT2D eigenvalue weighted by Crippen LogP contribution is -2.05. The zero-order valence-electron chi connectivity index (χ0n) is 11.8. The lowest BCUT2D eigenvalue weighted by atomic mass is 9.98. The van der Waals surface area contributed by atoms with E-state index in [4.69, 9.17) is 17.3 Å². The lowest BCUT2D eigenvalue weighted by Gasteiger charge is -2.07. The minimum absolute atomic E-state index is 0.125. The summed E-state index contributed by atoms with van der Waals surface area (Å²) in [6.07, 6.45) is 0. The molecular weight excluding hydrogens is 294 g/mol. The summed E-state index contributed by atoms with van der Waals surface area (Å²) >= 11 is 5.95. The molecule has 22 heavy (non-hydrogen) atoms. The van der Waals surface area contributed by atoms with E-state index in [0.717, 1.165) is 11.1 Å². The van der Waals surface area contributed by atoms with Crippen LogP contribution in [0.15, 0.2) is 72.8 Å². The van der Waals surface area contributed by atoms with Crippen LogP contribution in [-0.4, -0.2) is 5.78 Å². The maximum absolute atomic E-state index is 12.5. The summed E-state index contributed by atoms with van der Waals surface area (Å²) in [4.78, 5) is 12.5. The number of rotatable bonds is 3. The molecule has 3 rings (SSSR count). The van der Waals surface area contributed by atoms with Crippen molar-refractivity contribution in [2.75, 3.05) is 5.73 Å². The van der Waals surface area contributed by atoms with Crippen LogP contribution in [-0.2, 0) is 0 Å². The van der Waals surface area contributed by atoms with Gasteiger partial charge in [0.15, 0.2) is 5.78 Å². The van der Waals surface area contributed by atoms with Gasteiger partial charge in [0.2, 0.25) is 0 Å². The third-order valence-corrected chi connectivity index (χ3v) is 3.75. The fourth-order valence-electron chi connectivity index (χ4n) is 2.33. The van der Waals surface area contributed by atoms with E-state index in [1.807, 2.05) is 54.6 Å². The van der Waals surface area contributed by atoms with E-state index in [1.54, 1.807) is 18.2 Å². The Kier molecular flexibility index (Phi) is 3.94. The van der Waals surface area contributed by atoms with Crippen LogP contribution in [0.25, 0.3) is 11.1 Å². The lowest BCUT2D eigenvalue weighted by molar-refractivity contribution is 0.103. The van der Waals surface area contributed by atoms with Gasteiger partial charge in [0, 0.05) is 21.8 Å². The summed E-state index contributed by atoms with van der Waals surface area (Å²) in [6.45, 7) is 0. The first-order valence-electron chi connectivity index (χ1n) is 6.90. The molecule has 0 bridgehead atoms. The van der Waals surface area contributed by atoms with Crippen molar-refractivity contribution in [3.05, 3.63) is 88.9 Å². The monoisotopic (exact) mass is 307 g/mol. The summed E-state index contributed by atoms with van der Waals surface area (Å²) in [5.41, 5.74) is 9.50. The van der Waals surface area contributed by atoms with Crippen LogP contribution >= 0.6 is 11.6 Å². The first-order chi connectivity index (χ1) is 10.6. The number of nitrogens with two attached hydrogens (primary N) is 1. The van der Waals surface area contributed by atoms with E-state index in [0.29, 0.717) is 21.8 Å². The predicted molar refractivity (Wildman–Crippen MR) is 91.2 cm³/mol. The van der Waals surface area contributed by atoms with Crippen molar-refractivity contribution in [1.29, 1.82) is 0 Å². The Bertz CT molecular complexity index is 811. The van der Waals surface area contributed by atoms with E-state index < -0.39 is 0 Å². The van der Waals surface area contributed by atoms with Crippen molar-refractivity contribution in [3.8, 4) is 11.1 Å². The van der Waals surface area contributed by atoms with Crippen molar-refractivity contribution in [2.24, 2.45) is 0 Å². The third-order valence-electron chi connectivity index (χ3n) is 3.51. The van der Waals surface area contributed by atoms with Crippen molar-refractivity contribution in [3.63, 3.8) is 0 Å². The molecule has 0 saturated carbocycles. The van der Waals surface area contributed by atoms with Gasteiger partial charge in [0.25, 0.3) is 0 Å². The topological polar surface area (TPSA) is 43.1 Å². The number of carbonyl (C=O) groups excluding carboxylic acids is 1. The minimum atomic E-state index is -0.125. The Labute approximate surface area is 134 Å². The number of anilines is 1. The molecule has 3 heteroatoms. The van der Waals surface area contributed by atoms with E-state index in [9.17, 15) is 4.79 Å². The Morgan fingerprint density at radius 2 is 1.45 bits per heavy atom. The second-order valence-electron chi connectivity index (χ2n) is 5.00. The molecule has 0 aliphatic carbocycles. The van der Waals surface area contributed by atoms with E-state index in [-0.39, 0.29) is 5.78 Å². The Morgan fingerprint density at radius 1 is 0.818 bits per heavy atom. The van der Waals surface area contributed by atoms with E-state index in [1.165, 1.54) is 0 Å². The smallest absolute Gasteiger partial charge is 0.195 e. The number of hydrogen-bond acceptors (Lipinski definition) is 2. The van der Waals surface area contributed by atoms with Gasteiger partial charge >= 0.3 is 0 Å². The minimum Gasteiger partial charge on any atom is -0.398 e. The molecule has 0 heterocycles. The number of benzene rings is 3. The Morgan fingerprint density at radius 3 is 2.14 bits per heavy atom. The average molecular weight is 308 g/mol. The van der Waals surface area contributed by atoms with Crippen molar-refractivity contribution in [1.82, 2.24) is 0 Å². The normalized spacial score (nSPS) is 10.4. The molecular formula is C19H14ClNO. The molecule has 2 N–H and O–H groups in total. The second-order valence-corrected chi connectivity index (χ2v) is 5.44. The largest absolute Gasteiger partial charge is 0.398 e. The third kappa shape index (κ3) is 2.87. The fourth-order valence-corrected chi connectivity index (χ4v) is 2.50. The van der Waals surface area contributed by atoms with Crippen LogP contribution in [0, 0.1) is 0 Å². The van der Waals surface area contributed by atoms with Gasteiger partial charge in [-0.25, -0.2) is 0 Å². The first-order valence-corrected chi connectivity index (χ1v) is 7.28. The van der Waals surface area contributed by atoms with Crippen molar-refractivity contribution < 1.29 is 4.79 Å². The van der Waals surface area contributed by atoms with Gasteiger partial charge < -0.3 is 5.73 Å². The summed E-state index contributed by atoms with van der Waals surface area (Å²) < 4.78 is 0. The molecule has 0 aromatic heterocycles. The van der Waals surface area contributed by atoms with Crippen LogP contribution in [0.5, 0.6) is 0 Å². The zero-order valence-corrected chi connectivity index (χ0v) is 12.5. The summed E-state index contributed by atoms with van der Waals surface area (Å²) in [7, 11) is 0. The molecule has 3 aromatic carbocycles. The molecule has 0 amide bonds. The molecule has 3 aromatic rings. The molecule has 0 unspecified atom stereocenters. The molecule has 0 atom stereocenters. The van der Waals surface area contributed by atoms with Crippen molar-refractivity contribution >= 4 is 23.1 Å². The van der Waals surface area contributed by atoms with Crippen LogP contribution in [0.1, 0.15) is 15.9 Å². The molecule has 0 radical (unpaired) electrons. The standard InChI is InChI=1S/C19H14ClNO/c20-16-10-11-18(21)17(12-16)19(22)15-8-6-14(7-9-15)13-4-2-1-3-5-13/h1-12H,21H2. The number of ketones is 1. The van der Waals surface area contributed by atoms with Gasteiger partial charge in [-0.3, -0.25) is 4.79 Å². The molecule has 0 fully saturated rings. The quantitative estimate of drug-likeness (QED) is 0.557. The summed E-state index contributed by atoms with van der Waals surface area (Å²) in [6, 6.07) is 22.4. The van der Waals surface area contributed by atoms with Crippen LogP contribution < -0.4 is 5.73 Å². The summed E-state index contributed by atoms with van der Waals surface area (Å²) in [5, 5.41) is 0.499. The highest BCUT2D eigenvalue weighted by molar-refractivity contribution is 6.31. The van der Waals surface area contributed by atoms with Gasteiger partial charge in [0.05, 0.1) is 0 Å². The molecule has 0 aliphatic rings. The number of halogens is 1. The number of carbonyl (C=O) groups is 1. The molecule has 0 aliphatic heterocycles. The molecule has 0 saturated heterocycles. The summed E-state index contributed by atoms with van der Waals surface area (Å²) in [5.74, 6) is -0.125. The van der Waals surface area contributed by atoms with Gasteiger partial charge in [-0.1, -0.05) is 66.2 Å². The highest BCUT2D eigenvalue weighted by atomic mass is 35.5. The predicted octanol–water partition coefficient (Wildman–Crippen LogP) is 4.82. The maximum Gasteiger partial charge on any atom is 0.195 e. The van der Waals surface area contributed by atoms with Gasteiger partial charge in [0.1, 0.15) is 0 Å². The first kappa shape index (κ1) is 14.4. The number of nitrogen functional groups attached to an aromatic ring is 1. The second kappa shape index (κ2) is 6.04. The zero-order chi connectivity index (χ0) is 15.5. The number of hydrogen-bond donors (Lipinski definition) is 1. The SMILES string of the molecule is Nc1ccc(Cl)cc1C(=O)c1ccc(-c2ccccc2)cc1. The van der Waals surface area contributed by atoms with Crippen molar-refractivity contribution in [2.45, 2.75) is 0 Å². The van der Waals surface area contributed by atoms with Gasteiger partial charge in [-0.05, 0) is 29.3 Å². The highest BCUT2D eigenvalue weighted by Crippen LogP contribution is 2.23. The maximum atomic E-state index is 12.5. The fraction of sp³-hybridized carbons (Fsp3) is 0. The highest BCUT2D eigenvalue weighted by Gasteiger charge is 2.13. The molecule has 108 valence electrons. The Balaban J connectivity index is 1.93. The average Bonchev–Trinajstić information content (AvgIpc) is 2.57. The van der Waals surface area contributed by atoms with Gasteiger partial charge in [-0.15, -0.1) is 0 Å². The van der Waals surface area contributed by atoms with E-state index >= 15 is 0 Å². The molecule has 2 nitrogen and oxygen atoms in total. The van der Waals surface area contributed by atoms with Crippen LogP contribution in [0.2, 0.25) is 5.02 Å². The molecule has 0 spiro atoms.